The van der Waals surface area contributed by atoms with Crippen molar-refractivity contribution in [2.24, 2.45) is 5.10 Å². The highest BCUT2D eigenvalue weighted by atomic mass is 32.1. The molecule has 4 heterocycles. The van der Waals surface area contributed by atoms with Crippen LogP contribution in [0, 0.1) is 6.92 Å². The highest BCUT2D eigenvalue weighted by Gasteiger charge is 2.13. The lowest BCUT2D eigenvalue weighted by molar-refractivity contribution is 0.819. The molecule has 114 valence electrons. The summed E-state index contributed by atoms with van der Waals surface area (Å²) in [5, 5.41) is 8.91. The molecule has 0 saturated carbocycles. The molecule has 0 aromatic carbocycles. The predicted octanol–water partition coefficient (Wildman–Crippen LogP) is 4.44. The number of aromatic nitrogens is 2. The largest absolute Gasteiger partial charge is 0.283 e. The monoisotopic (exact) mass is 357 g/mol. The molecular weight excluding hydrogens is 346 g/mol. The third-order valence-corrected chi connectivity index (χ3v) is 6.06. The van der Waals surface area contributed by atoms with Crippen LogP contribution in [0.3, 0.4) is 0 Å². The van der Waals surface area contributed by atoms with Crippen molar-refractivity contribution in [2.75, 3.05) is 0 Å². The Kier molecular flexibility index (Phi) is 3.68. The van der Waals surface area contributed by atoms with E-state index in [1.807, 2.05) is 41.9 Å². The maximum atomic E-state index is 12.8. The fourth-order valence-corrected chi connectivity index (χ4v) is 4.73. The van der Waals surface area contributed by atoms with E-state index in [1.54, 1.807) is 28.9 Å². The van der Waals surface area contributed by atoms with Crippen LogP contribution >= 0.6 is 34.0 Å². The van der Waals surface area contributed by atoms with Gasteiger partial charge in [-0.2, -0.15) is 9.78 Å². The number of thiophene rings is 3. The van der Waals surface area contributed by atoms with Crippen LogP contribution in [0.2, 0.25) is 0 Å². The lowest BCUT2D eigenvalue weighted by Crippen LogP contribution is -2.16. The van der Waals surface area contributed by atoms with Crippen molar-refractivity contribution < 1.29 is 0 Å². The van der Waals surface area contributed by atoms with Crippen LogP contribution in [-0.4, -0.2) is 15.9 Å². The zero-order valence-electron chi connectivity index (χ0n) is 12.1. The molecule has 0 unspecified atom stereocenters. The first-order valence-corrected chi connectivity index (χ1v) is 9.43. The van der Waals surface area contributed by atoms with Crippen LogP contribution < -0.4 is 5.56 Å². The van der Waals surface area contributed by atoms with Gasteiger partial charge in [-0.15, -0.1) is 34.0 Å². The smallest absolute Gasteiger partial charge is 0.267 e. The Labute approximate surface area is 144 Å². The Morgan fingerprint density at radius 2 is 2.17 bits per heavy atom. The molecule has 0 radical (unpaired) electrons. The minimum Gasteiger partial charge on any atom is -0.267 e. The van der Waals surface area contributed by atoms with E-state index in [4.69, 9.17) is 0 Å². The summed E-state index contributed by atoms with van der Waals surface area (Å²) in [6, 6.07) is 8.02. The molecule has 0 fully saturated rings. The first-order chi connectivity index (χ1) is 11.2. The summed E-state index contributed by atoms with van der Waals surface area (Å²) >= 11 is 4.74. The Balaban J connectivity index is 1.83. The standard InChI is InChI=1S/C16H11N3OS3/c1-10-4-5-11(23-10)7-18-19-9-17-15-14(16(19)20)12(8-22-15)13-3-2-6-21-13/h2-9H,1H3/b18-7-. The molecule has 0 N–H and O–H groups in total. The molecule has 7 heteroatoms. The molecule has 0 amide bonds. The van der Waals surface area contributed by atoms with Gasteiger partial charge < -0.3 is 0 Å². The zero-order chi connectivity index (χ0) is 15.8. The second-order valence-electron chi connectivity index (χ2n) is 4.89. The average molecular weight is 357 g/mol. The van der Waals surface area contributed by atoms with E-state index in [9.17, 15) is 4.79 Å². The molecule has 0 saturated heterocycles. The molecule has 0 aliphatic rings. The highest BCUT2D eigenvalue weighted by Crippen LogP contribution is 2.33. The summed E-state index contributed by atoms with van der Waals surface area (Å²) < 4.78 is 1.31. The van der Waals surface area contributed by atoms with Crippen molar-refractivity contribution in [3.05, 3.63) is 61.5 Å². The zero-order valence-corrected chi connectivity index (χ0v) is 14.5. The van der Waals surface area contributed by atoms with Crippen LogP contribution in [0.15, 0.2) is 51.2 Å². The molecular formula is C16H11N3OS3. The van der Waals surface area contributed by atoms with Gasteiger partial charge in [0, 0.05) is 25.6 Å². The van der Waals surface area contributed by atoms with Gasteiger partial charge in [-0.3, -0.25) is 4.79 Å². The number of hydrogen-bond donors (Lipinski definition) is 0. The quantitative estimate of drug-likeness (QED) is 0.509. The predicted molar refractivity (Wildman–Crippen MR) is 99.2 cm³/mol. The molecule has 23 heavy (non-hydrogen) atoms. The van der Waals surface area contributed by atoms with Gasteiger partial charge in [0.2, 0.25) is 0 Å². The Bertz CT molecular complexity index is 1050. The molecule has 0 aliphatic heterocycles. The van der Waals surface area contributed by atoms with E-state index in [0.29, 0.717) is 5.39 Å². The van der Waals surface area contributed by atoms with Gasteiger partial charge in [0.15, 0.2) is 0 Å². The minimum atomic E-state index is -0.135. The number of aryl methyl sites for hydroxylation is 1. The van der Waals surface area contributed by atoms with Crippen LogP contribution in [0.5, 0.6) is 0 Å². The molecule has 4 nitrogen and oxygen atoms in total. The summed E-state index contributed by atoms with van der Waals surface area (Å²) in [7, 11) is 0. The van der Waals surface area contributed by atoms with Gasteiger partial charge >= 0.3 is 0 Å². The Morgan fingerprint density at radius 3 is 2.91 bits per heavy atom. The van der Waals surface area contributed by atoms with Crippen LogP contribution in [0.25, 0.3) is 20.7 Å². The van der Waals surface area contributed by atoms with Crippen molar-refractivity contribution in [1.82, 2.24) is 9.66 Å². The lowest BCUT2D eigenvalue weighted by Gasteiger charge is -1.99. The van der Waals surface area contributed by atoms with Crippen molar-refractivity contribution in [2.45, 2.75) is 6.92 Å². The van der Waals surface area contributed by atoms with E-state index in [0.717, 1.165) is 20.1 Å². The maximum absolute atomic E-state index is 12.8. The lowest BCUT2D eigenvalue weighted by atomic mass is 10.2. The van der Waals surface area contributed by atoms with Gasteiger partial charge in [0.05, 0.1) is 11.6 Å². The van der Waals surface area contributed by atoms with Crippen molar-refractivity contribution in [1.29, 1.82) is 0 Å². The summed E-state index contributed by atoms with van der Waals surface area (Å²) in [6.45, 7) is 2.04. The molecule has 0 spiro atoms. The van der Waals surface area contributed by atoms with Crippen molar-refractivity contribution >= 4 is 50.4 Å². The van der Waals surface area contributed by atoms with E-state index < -0.39 is 0 Å². The summed E-state index contributed by atoms with van der Waals surface area (Å²) in [6.07, 6.45) is 3.18. The van der Waals surface area contributed by atoms with Gasteiger partial charge in [-0.05, 0) is 30.5 Å². The minimum absolute atomic E-state index is 0.135. The SMILES string of the molecule is Cc1ccc(/C=N\n2cnc3scc(-c4cccs4)c3c2=O)s1. The van der Waals surface area contributed by atoms with Crippen LogP contribution in [0.1, 0.15) is 9.75 Å². The van der Waals surface area contributed by atoms with Gasteiger partial charge in [0.25, 0.3) is 5.56 Å². The highest BCUT2D eigenvalue weighted by molar-refractivity contribution is 7.18. The summed E-state index contributed by atoms with van der Waals surface area (Å²) in [5.74, 6) is 0. The molecule has 0 atom stereocenters. The molecule has 0 bridgehead atoms. The Hall–Kier alpha value is -2.09. The van der Waals surface area contributed by atoms with Crippen molar-refractivity contribution in [3.63, 3.8) is 0 Å². The fourth-order valence-electron chi connectivity index (χ4n) is 2.26. The van der Waals surface area contributed by atoms with Crippen LogP contribution in [-0.2, 0) is 0 Å². The molecule has 4 aromatic rings. The molecule has 4 rings (SSSR count). The van der Waals surface area contributed by atoms with E-state index >= 15 is 0 Å². The second-order valence-corrected chi connectivity index (χ2v) is 8.02. The molecule has 0 aliphatic carbocycles. The Morgan fingerprint density at radius 1 is 1.26 bits per heavy atom. The number of hydrogen-bond acceptors (Lipinski definition) is 6. The first kappa shape index (κ1) is 14.5. The fraction of sp³-hybridized carbons (Fsp3) is 0.0625. The number of nitrogens with zero attached hydrogens (tertiary/aromatic N) is 3. The van der Waals surface area contributed by atoms with Gasteiger partial charge in [-0.25, -0.2) is 4.98 Å². The third kappa shape index (κ3) is 2.67. The summed E-state index contributed by atoms with van der Waals surface area (Å²) in [5.41, 5.74) is 0.804. The third-order valence-electron chi connectivity index (χ3n) is 3.34. The number of fused-ring (bicyclic) bond motifs is 1. The van der Waals surface area contributed by atoms with Crippen molar-refractivity contribution in [3.8, 4) is 10.4 Å². The number of rotatable bonds is 3. The average Bonchev–Trinajstić information content (AvgIpc) is 3.26. The van der Waals surface area contributed by atoms with E-state index in [2.05, 4.69) is 10.1 Å². The molecule has 4 aromatic heterocycles. The van der Waals surface area contributed by atoms with Gasteiger partial charge in [-0.1, -0.05) is 6.07 Å². The topological polar surface area (TPSA) is 47.2 Å². The maximum Gasteiger partial charge on any atom is 0.283 e. The first-order valence-electron chi connectivity index (χ1n) is 6.86. The second kappa shape index (κ2) is 5.84. The summed E-state index contributed by atoms with van der Waals surface area (Å²) in [4.78, 5) is 21.2. The normalized spacial score (nSPS) is 11.7. The van der Waals surface area contributed by atoms with Crippen LogP contribution in [0.4, 0.5) is 0 Å². The van der Waals surface area contributed by atoms with Gasteiger partial charge in [0.1, 0.15) is 11.2 Å². The van der Waals surface area contributed by atoms with E-state index in [-0.39, 0.29) is 5.56 Å². The van der Waals surface area contributed by atoms with E-state index in [1.165, 1.54) is 27.2 Å².